The second kappa shape index (κ2) is 6.03. The van der Waals surface area contributed by atoms with Crippen molar-refractivity contribution in [3.05, 3.63) is 34.3 Å². The van der Waals surface area contributed by atoms with Crippen LogP contribution in [0.5, 0.6) is 0 Å². The van der Waals surface area contributed by atoms with Gasteiger partial charge in [-0.3, -0.25) is 4.79 Å². The van der Waals surface area contributed by atoms with E-state index in [1.165, 1.54) is 7.11 Å². The van der Waals surface area contributed by atoms with Gasteiger partial charge < -0.3 is 9.84 Å². The standard InChI is InChI=1S/C13H17ClO3/c1-4-10(13(16)17-3)12(15)9-6-5-8(2)11(14)7-9/h5-7,10,12,15H,4H2,1-3H3. The maximum atomic E-state index is 11.5. The summed E-state index contributed by atoms with van der Waals surface area (Å²) in [5.41, 5.74) is 1.58. The van der Waals surface area contributed by atoms with Crippen molar-refractivity contribution in [3.63, 3.8) is 0 Å². The van der Waals surface area contributed by atoms with Gasteiger partial charge in [0.05, 0.1) is 19.1 Å². The highest BCUT2D eigenvalue weighted by molar-refractivity contribution is 6.31. The summed E-state index contributed by atoms with van der Waals surface area (Å²) in [6.45, 7) is 3.72. The van der Waals surface area contributed by atoms with E-state index in [0.717, 1.165) is 5.56 Å². The monoisotopic (exact) mass is 256 g/mol. The third kappa shape index (κ3) is 3.20. The van der Waals surface area contributed by atoms with E-state index in [9.17, 15) is 9.90 Å². The zero-order valence-electron chi connectivity index (χ0n) is 10.2. The average molecular weight is 257 g/mol. The molecule has 17 heavy (non-hydrogen) atoms. The number of methoxy groups -OCH3 is 1. The first-order valence-electron chi connectivity index (χ1n) is 5.53. The van der Waals surface area contributed by atoms with Crippen LogP contribution in [0.25, 0.3) is 0 Å². The number of rotatable bonds is 4. The molecule has 94 valence electrons. The molecule has 0 aliphatic rings. The first-order valence-corrected chi connectivity index (χ1v) is 5.91. The molecule has 0 fully saturated rings. The summed E-state index contributed by atoms with van der Waals surface area (Å²) in [7, 11) is 1.32. The first-order chi connectivity index (χ1) is 8.01. The van der Waals surface area contributed by atoms with Crippen LogP contribution in [-0.4, -0.2) is 18.2 Å². The smallest absolute Gasteiger partial charge is 0.311 e. The predicted molar refractivity (Wildman–Crippen MR) is 66.9 cm³/mol. The molecule has 2 atom stereocenters. The second-order valence-electron chi connectivity index (χ2n) is 3.99. The molecule has 0 saturated heterocycles. The maximum absolute atomic E-state index is 11.5. The fraction of sp³-hybridized carbons (Fsp3) is 0.462. The number of aliphatic hydroxyl groups is 1. The fourth-order valence-electron chi connectivity index (χ4n) is 1.70. The number of esters is 1. The van der Waals surface area contributed by atoms with Crippen LogP contribution in [0.4, 0.5) is 0 Å². The van der Waals surface area contributed by atoms with E-state index in [-0.39, 0.29) is 0 Å². The number of benzene rings is 1. The number of aryl methyl sites for hydroxylation is 1. The molecule has 0 saturated carbocycles. The summed E-state index contributed by atoms with van der Waals surface area (Å²) in [6, 6.07) is 5.29. The van der Waals surface area contributed by atoms with Crippen LogP contribution < -0.4 is 0 Å². The van der Waals surface area contributed by atoms with E-state index in [1.807, 2.05) is 19.9 Å². The quantitative estimate of drug-likeness (QED) is 0.843. The third-order valence-corrected chi connectivity index (χ3v) is 3.27. The largest absolute Gasteiger partial charge is 0.469 e. The van der Waals surface area contributed by atoms with Crippen molar-refractivity contribution >= 4 is 17.6 Å². The van der Waals surface area contributed by atoms with E-state index in [4.69, 9.17) is 11.6 Å². The van der Waals surface area contributed by atoms with E-state index < -0.39 is 18.0 Å². The topological polar surface area (TPSA) is 46.5 Å². The highest BCUT2D eigenvalue weighted by Crippen LogP contribution is 2.28. The van der Waals surface area contributed by atoms with Crippen molar-refractivity contribution < 1.29 is 14.6 Å². The summed E-state index contributed by atoms with van der Waals surface area (Å²) in [4.78, 5) is 11.5. The van der Waals surface area contributed by atoms with Crippen LogP contribution in [0, 0.1) is 12.8 Å². The first kappa shape index (κ1) is 14.0. The Bertz CT molecular complexity index is 404. The maximum Gasteiger partial charge on any atom is 0.311 e. The summed E-state index contributed by atoms with van der Waals surface area (Å²) in [5.74, 6) is -0.963. The number of ether oxygens (including phenoxy) is 1. The van der Waals surface area contributed by atoms with Gasteiger partial charge in [0.25, 0.3) is 0 Å². The number of aliphatic hydroxyl groups excluding tert-OH is 1. The third-order valence-electron chi connectivity index (χ3n) is 2.86. The van der Waals surface area contributed by atoms with Crippen LogP contribution >= 0.6 is 11.6 Å². The summed E-state index contributed by atoms with van der Waals surface area (Å²) >= 11 is 5.99. The normalized spacial score (nSPS) is 14.2. The van der Waals surface area contributed by atoms with Crippen molar-refractivity contribution in [2.45, 2.75) is 26.4 Å². The Hall–Kier alpha value is -1.06. The SMILES string of the molecule is CCC(C(=O)OC)C(O)c1ccc(C)c(Cl)c1. The highest BCUT2D eigenvalue weighted by atomic mass is 35.5. The molecule has 0 heterocycles. The number of carbonyl (C=O) groups excluding carboxylic acids is 1. The summed E-state index contributed by atoms with van der Waals surface area (Å²) < 4.78 is 4.67. The van der Waals surface area contributed by atoms with E-state index >= 15 is 0 Å². The lowest BCUT2D eigenvalue weighted by Gasteiger charge is -2.20. The van der Waals surface area contributed by atoms with Crippen LogP contribution in [-0.2, 0) is 9.53 Å². The molecule has 0 radical (unpaired) electrons. The van der Waals surface area contributed by atoms with Crippen LogP contribution in [0.3, 0.4) is 0 Å². The lowest BCUT2D eigenvalue weighted by Crippen LogP contribution is -2.23. The minimum atomic E-state index is -0.884. The predicted octanol–water partition coefficient (Wildman–Crippen LogP) is 2.88. The second-order valence-corrected chi connectivity index (χ2v) is 4.40. The van der Waals surface area contributed by atoms with Crippen molar-refractivity contribution in [2.24, 2.45) is 5.92 Å². The van der Waals surface area contributed by atoms with Crippen molar-refractivity contribution in [2.75, 3.05) is 7.11 Å². The van der Waals surface area contributed by atoms with Gasteiger partial charge in [-0.05, 0) is 30.5 Å². The number of hydrogen-bond acceptors (Lipinski definition) is 3. The molecule has 1 rings (SSSR count). The number of halogens is 1. The molecular weight excluding hydrogens is 240 g/mol. The van der Waals surface area contributed by atoms with Gasteiger partial charge in [-0.25, -0.2) is 0 Å². The van der Waals surface area contributed by atoms with E-state index in [2.05, 4.69) is 4.74 Å². The van der Waals surface area contributed by atoms with Crippen LogP contribution in [0.2, 0.25) is 5.02 Å². The zero-order valence-corrected chi connectivity index (χ0v) is 11.0. The Morgan fingerprint density at radius 3 is 2.65 bits per heavy atom. The highest BCUT2D eigenvalue weighted by Gasteiger charge is 2.27. The zero-order chi connectivity index (χ0) is 13.0. The molecule has 1 aromatic rings. The van der Waals surface area contributed by atoms with Crippen LogP contribution in [0.15, 0.2) is 18.2 Å². The Balaban J connectivity index is 2.97. The molecule has 0 spiro atoms. The fourth-order valence-corrected chi connectivity index (χ4v) is 1.88. The van der Waals surface area contributed by atoms with Gasteiger partial charge in [-0.2, -0.15) is 0 Å². The Morgan fingerprint density at radius 1 is 1.53 bits per heavy atom. The number of hydrogen-bond donors (Lipinski definition) is 1. The minimum absolute atomic E-state index is 0.406. The molecule has 4 heteroatoms. The molecule has 0 bridgehead atoms. The summed E-state index contributed by atoms with van der Waals surface area (Å²) in [6.07, 6.45) is -0.371. The van der Waals surface area contributed by atoms with E-state index in [0.29, 0.717) is 17.0 Å². The lowest BCUT2D eigenvalue weighted by atomic mass is 9.93. The van der Waals surface area contributed by atoms with Gasteiger partial charge >= 0.3 is 5.97 Å². The minimum Gasteiger partial charge on any atom is -0.469 e. The van der Waals surface area contributed by atoms with Crippen LogP contribution in [0.1, 0.15) is 30.6 Å². The van der Waals surface area contributed by atoms with Crippen molar-refractivity contribution in [1.82, 2.24) is 0 Å². The molecule has 0 aromatic heterocycles. The van der Waals surface area contributed by atoms with Gasteiger partial charge in [-0.15, -0.1) is 0 Å². The molecule has 0 aliphatic heterocycles. The van der Waals surface area contributed by atoms with Gasteiger partial charge in [-0.1, -0.05) is 30.7 Å². The Morgan fingerprint density at radius 2 is 2.18 bits per heavy atom. The number of carbonyl (C=O) groups is 1. The molecule has 1 aromatic carbocycles. The average Bonchev–Trinajstić information content (AvgIpc) is 2.33. The molecule has 0 aliphatic carbocycles. The van der Waals surface area contributed by atoms with Gasteiger partial charge in [0.2, 0.25) is 0 Å². The molecule has 0 amide bonds. The van der Waals surface area contributed by atoms with Crippen molar-refractivity contribution in [1.29, 1.82) is 0 Å². The van der Waals surface area contributed by atoms with Gasteiger partial charge in [0, 0.05) is 5.02 Å². The van der Waals surface area contributed by atoms with Gasteiger partial charge in [0.15, 0.2) is 0 Å². The van der Waals surface area contributed by atoms with Crippen molar-refractivity contribution in [3.8, 4) is 0 Å². The summed E-state index contributed by atoms with van der Waals surface area (Å²) in [5, 5.41) is 10.7. The molecule has 3 nitrogen and oxygen atoms in total. The van der Waals surface area contributed by atoms with E-state index in [1.54, 1.807) is 12.1 Å². The molecule has 2 unspecified atom stereocenters. The Labute approximate surface area is 106 Å². The van der Waals surface area contributed by atoms with Gasteiger partial charge in [0.1, 0.15) is 0 Å². The molecular formula is C13H17ClO3. The Kier molecular flexibility index (Phi) is 4.97. The lowest BCUT2D eigenvalue weighted by molar-refractivity contribution is -0.149. The molecule has 1 N–H and O–H groups in total.